The van der Waals surface area contributed by atoms with E-state index in [9.17, 15) is 0 Å². The lowest BCUT2D eigenvalue weighted by Crippen LogP contribution is -2.14. The fourth-order valence-electron chi connectivity index (χ4n) is 3.31. The fourth-order valence-corrected chi connectivity index (χ4v) is 3.31. The Hall–Kier alpha value is -2.67. The van der Waals surface area contributed by atoms with Crippen LogP contribution in [0.15, 0.2) is 36.7 Å². The number of nitrogens with one attached hydrogen (secondary N) is 2. The summed E-state index contributed by atoms with van der Waals surface area (Å²) < 4.78 is 6.89. The van der Waals surface area contributed by atoms with E-state index >= 15 is 0 Å². The van der Waals surface area contributed by atoms with E-state index in [1.165, 1.54) is 32.0 Å². The lowest BCUT2D eigenvalue weighted by Gasteiger charge is -2.15. The summed E-state index contributed by atoms with van der Waals surface area (Å²) in [6.07, 6.45) is 6.64. The van der Waals surface area contributed by atoms with Gasteiger partial charge in [-0.15, -0.1) is 0 Å². The molecule has 25 heavy (non-hydrogen) atoms. The third kappa shape index (κ3) is 3.56. The van der Waals surface area contributed by atoms with E-state index in [0.717, 1.165) is 22.9 Å². The molecule has 7 nitrogen and oxygen atoms in total. The first-order valence-corrected chi connectivity index (χ1v) is 8.64. The molecule has 0 amide bonds. The number of hydrogen-bond donors (Lipinski definition) is 2. The van der Waals surface area contributed by atoms with Crippen molar-refractivity contribution in [3.63, 3.8) is 0 Å². The van der Waals surface area contributed by atoms with Gasteiger partial charge in [0.15, 0.2) is 0 Å². The van der Waals surface area contributed by atoms with Gasteiger partial charge in [0, 0.05) is 30.6 Å². The third-order valence-electron chi connectivity index (χ3n) is 4.46. The van der Waals surface area contributed by atoms with Crippen molar-refractivity contribution in [3.8, 4) is 0 Å². The fraction of sp³-hybridized carbons (Fsp3) is 0.389. The lowest BCUT2D eigenvalue weighted by molar-refractivity contribution is 0.181. The number of nitrogens with zero attached hydrogens (tertiary/aromatic N) is 4. The standard InChI is InChI=1S/C18H22N6O/c1-25-11-16-10-17(24-18(23-16)19-12-20-24)22-15-8-4-7-14(9-15)21-13-5-2-3-6-13/h4,7-10,12-13,21-22H,2-3,5-6,11H2,1H3. The van der Waals surface area contributed by atoms with Gasteiger partial charge in [0.25, 0.3) is 5.78 Å². The monoisotopic (exact) mass is 338 g/mol. The number of methoxy groups -OCH3 is 1. The van der Waals surface area contributed by atoms with Crippen LogP contribution in [0, 0.1) is 0 Å². The van der Waals surface area contributed by atoms with E-state index in [1.807, 2.05) is 12.1 Å². The maximum Gasteiger partial charge on any atom is 0.254 e. The molecule has 0 saturated heterocycles. The first-order chi connectivity index (χ1) is 12.3. The van der Waals surface area contributed by atoms with Crippen LogP contribution in [-0.2, 0) is 11.3 Å². The van der Waals surface area contributed by atoms with Gasteiger partial charge in [-0.2, -0.15) is 14.6 Å². The van der Waals surface area contributed by atoms with Crippen molar-refractivity contribution in [2.24, 2.45) is 0 Å². The van der Waals surface area contributed by atoms with Crippen molar-refractivity contribution in [1.82, 2.24) is 19.6 Å². The summed E-state index contributed by atoms with van der Waals surface area (Å²) in [6.45, 7) is 0.432. The molecule has 0 atom stereocenters. The van der Waals surface area contributed by atoms with Crippen molar-refractivity contribution >= 4 is 23.0 Å². The van der Waals surface area contributed by atoms with Crippen molar-refractivity contribution in [2.45, 2.75) is 38.3 Å². The largest absolute Gasteiger partial charge is 0.382 e. The zero-order valence-corrected chi connectivity index (χ0v) is 14.3. The van der Waals surface area contributed by atoms with Crippen LogP contribution in [0.3, 0.4) is 0 Å². The number of benzene rings is 1. The number of anilines is 3. The van der Waals surface area contributed by atoms with Crippen LogP contribution in [0.4, 0.5) is 17.2 Å². The van der Waals surface area contributed by atoms with Crippen LogP contribution >= 0.6 is 0 Å². The summed E-state index contributed by atoms with van der Waals surface area (Å²) in [6, 6.07) is 10.8. The molecule has 0 bridgehead atoms. The van der Waals surface area contributed by atoms with Crippen LogP contribution in [-0.4, -0.2) is 32.7 Å². The van der Waals surface area contributed by atoms with Gasteiger partial charge in [-0.1, -0.05) is 18.9 Å². The number of rotatable bonds is 6. The highest BCUT2D eigenvalue weighted by Gasteiger charge is 2.14. The molecule has 0 aliphatic heterocycles. The predicted octanol–water partition coefficient (Wildman–Crippen LogP) is 3.37. The first kappa shape index (κ1) is 15.8. The molecule has 3 aromatic rings. The molecule has 7 heteroatoms. The number of ether oxygens (including phenoxy) is 1. The van der Waals surface area contributed by atoms with Crippen molar-refractivity contribution < 1.29 is 4.74 Å². The minimum absolute atomic E-state index is 0.432. The second kappa shape index (κ2) is 7.06. The van der Waals surface area contributed by atoms with Crippen LogP contribution in [0.2, 0.25) is 0 Å². The molecular formula is C18H22N6O. The Morgan fingerprint density at radius 1 is 1.20 bits per heavy atom. The summed E-state index contributed by atoms with van der Waals surface area (Å²) in [4.78, 5) is 8.61. The molecular weight excluding hydrogens is 316 g/mol. The minimum atomic E-state index is 0.432. The molecule has 2 N–H and O–H groups in total. The summed E-state index contributed by atoms with van der Waals surface area (Å²) in [5.41, 5.74) is 2.94. The molecule has 2 heterocycles. The first-order valence-electron chi connectivity index (χ1n) is 8.64. The van der Waals surface area contributed by atoms with Crippen molar-refractivity contribution in [1.29, 1.82) is 0 Å². The Balaban J connectivity index is 1.59. The van der Waals surface area contributed by atoms with E-state index in [0.29, 0.717) is 18.4 Å². The minimum Gasteiger partial charge on any atom is -0.382 e. The van der Waals surface area contributed by atoms with Crippen LogP contribution in [0.25, 0.3) is 5.78 Å². The molecule has 1 aromatic carbocycles. The highest BCUT2D eigenvalue weighted by molar-refractivity contribution is 5.64. The Kier molecular flexibility index (Phi) is 4.47. The molecule has 0 radical (unpaired) electrons. The van der Waals surface area contributed by atoms with Gasteiger partial charge in [0.05, 0.1) is 12.3 Å². The van der Waals surface area contributed by atoms with E-state index < -0.39 is 0 Å². The Labute approximate surface area is 146 Å². The van der Waals surface area contributed by atoms with Gasteiger partial charge >= 0.3 is 0 Å². The maximum atomic E-state index is 5.19. The second-order valence-electron chi connectivity index (χ2n) is 6.37. The summed E-state index contributed by atoms with van der Waals surface area (Å²) >= 11 is 0. The van der Waals surface area contributed by atoms with E-state index in [1.54, 1.807) is 11.6 Å². The lowest BCUT2D eigenvalue weighted by atomic mass is 10.2. The van der Waals surface area contributed by atoms with Crippen LogP contribution in [0.1, 0.15) is 31.4 Å². The van der Waals surface area contributed by atoms with Gasteiger partial charge in [-0.05, 0) is 31.0 Å². The molecule has 1 saturated carbocycles. The molecule has 1 fully saturated rings. The number of aromatic nitrogens is 4. The van der Waals surface area contributed by atoms with Gasteiger partial charge in [-0.25, -0.2) is 4.98 Å². The van der Waals surface area contributed by atoms with Gasteiger partial charge < -0.3 is 15.4 Å². The molecule has 4 rings (SSSR count). The number of hydrogen-bond acceptors (Lipinski definition) is 6. The summed E-state index contributed by atoms with van der Waals surface area (Å²) in [5, 5.41) is 11.3. The highest BCUT2D eigenvalue weighted by atomic mass is 16.5. The molecule has 2 aromatic heterocycles. The summed E-state index contributed by atoms with van der Waals surface area (Å²) in [5.74, 6) is 1.37. The molecule has 1 aliphatic carbocycles. The van der Waals surface area contributed by atoms with Crippen LogP contribution in [0.5, 0.6) is 0 Å². The van der Waals surface area contributed by atoms with Crippen molar-refractivity contribution in [3.05, 3.63) is 42.4 Å². The SMILES string of the molecule is COCc1cc(Nc2cccc(NC3CCCC3)c2)n2ncnc2n1. The van der Waals surface area contributed by atoms with Crippen LogP contribution < -0.4 is 10.6 Å². The third-order valence-corrected chi connectivity index (χ3v) is 4.46. The normalized spacial score (nSPS) is 14.9. The zero-order chi connectivity index (χ0) is 17.1. The Bertz CT molecular complexity index is 856. The average molecular weight is 338 g/mol. The van der Waals surface area contributed by atoms with Gasteiger partial charge in [-0.3, -0.25) is 0 Å². The maximum absolute atomic E-state index is 5.19. The Morgan fingerprint density at radius 2 is 2.04 bits per heavy atom. The molecule has 0 spiro atoms. The molecule has 1 aliphatic rings. The molecule has 130 valence electrons. The van der Waals surface area contributed by atoms with E-state index in [4.69, 9.17) is 4.74 Å². The van der Waals surface area contributed by atoms with Gasteiger partial charge in [0.1, 0.15) is 12.1 Å². The average Bonchev–Trinajstić information content (AvgIpc) is 3.27. The quantitative estimate of drug-likeness (QED) is 0.718. The number of fused-ring (bicyclic) bond motifs is 1. The van der Waals surface area contributed by atoms with E-state index in [-0.39, 0.29) is 0 Å². The summed E-state index contributed by atoms with van der Waals surface area (Å²) in [7, 11) is 1.65. The highest BCUT2D eigenvalue weighted by Crippen LogP contribution is 2.25. The predicted molar refractivity (Wildman–Crippen MR) is 97.1 cm³/mol. The van der Waals surface area contributed by atoms with E-state index in [2.05, 4.69) is 43.9 Å². The smallest absolute Gasteiger partial charge is 0.254 e. The van der Waals surface area contributed by atoms with Crippen molar-refractivity contribution in [2.75, 3.05) is 17.7 Å². The topological polar surface area (TPSA) is 76.4 Å². The molecule has 0 unspecified atom stereocenters. The zero-order valence-electron chi connectivity index (χ0n) is 14.3. The van der Waals surface area contributed by atoms with Gasteiger partial charge in [0.2, 0.25) is 0 Å². The Morgan fingerprint density at radius 3 is 2.88 bits per heavy atom. The second-order valence-corrected chi connectivity index (χ2v) is 6.37.